The molecule has 0 aliphatic carbocycles. The van der Waals surface area contributed by atoms with Crippen LogP contribution in [0.15, 0.2) is 18.2 Å². The van der Waals surface area contributed by atoms with Crippen LogP contribution >= 0.6 is 15.9 Å². The molecule has 0 radical (unpaired) electrons. The van der Waals surface area contributed by atoms with Crippen LogP contribution in [0.2, 0.25) is 0 Å². The summed E-state index contributed by atoms with van der Waals surface area (Å²) in [7, 11) is 0. The van der Waals surface area contributed by atoms with Gasteiger partial charge in [0.1, 0.15) is 5.82 Å². The Bertz CT molecular complexity index is 366. The molecule has 1 rings (SSSR count). The zero-order valence-corrected chi connectivity index (χ0v) is 13.1. The first-order valence-corrected chi connectivity index (χ1v) is 7.84. The molecular formula is C15H23BrFN. The third-order valence-corrected chi connectivity index (χ3v) is 3.72. The standard InChI is InChI=1S/C15H23BrFN/c1-4-5-6-10-18(12(2)3)15-9-7-8-14(17)13(15)11-16/h7-9,12H,4-6,10-11H2,1-3H3. The summed E-state index contributed by atoms with van der Waals surface area (Å²) < 4.78 is 13.8. The zero-order chi connectivity index (χ0) is 13.5. The monoisotopic (exact) mass is 315 g/mol. The summed E-state index contributed by atoms with van der Waals surface area (Å²) >= 11 is 3.39. The number of benzene rings is 1. The molecule has 1 aromatic carbocycles. The number of alkyl halides is 1. The van der Waals surface area contributed by atoms with Crippen molar-refractivity contribution >= 4 is 21.6 Å². The molecule has 0 heterocycles. The van der Waals surface area contributed by atoms with Crippen LogP contribution in [0, 0.1) is 5.82 Å². The quantitative estimate of drug-likeness (QED) is 0.498. The molecule has 0 saturated heterocycles. The molecule has 0 saturated carbocycles. The summed E-state index contributed by atoms with van der Waals surface area (Å²) in [4.78, 5) is 2.30. The van der Waals surface area contributed by atoms with Crippen molar-refractivity contribution in [1.29, 1.82) is 0 Å². The van der Waals surface area contributed by atoms with E-state index in [0.29, 0.717) is 11.4 Å². The predicted octanol–water partition coefficient (Wildman–Crippen LogP) is 5.13. The van der Waals surface area contributed by atoms with Crippen LogP contribution in [-0.4, -0.2) is 12.6 Å². The van der Waals surface area contributed by atoms with Gasteiger partial charge in [0.15, 0.2) is 0 Å². The Morgan fingerprint density at radius 1 is 1.28 bits per heavy atom. The van der Waals surface area contributed by atoms with Gasteiger partial charge in [0.2, 0.25) is 0 Å². The van der Waals surface area contributed by atoms with Gasteiger partial charge in [-0.3, -0.25) is 0 Å². The van der Waals surface area contributed by atoms with Gasteiger partial charge in [0, 0.05) is 29.2 Å². The molecular weight excluding hydrogens is 293 g/mol. The van der Waals surface area contributed by atoms with Crippen LogP contribution in [0.25, 0.3) is 0 Å². The number of anilines is 1. The largest absolute Gasteiger partial charge is 0.369 e. The molecule has 0 unspecified atom stereocenters. The summed E-state index contributed by atoms with van der Waals surface area (Å²) in [5.74, 6) is -0.120. The Hall–Kier alpha value is -0.570. The fourth-order valence-electron chi connectivity index (χ4n) is 2.14. The SMILES string of the molecule is CCCCCN(c1cccc(F)c1CBr)C(C)C. The highest BCUT2D eigenvalue weighted by Gasteiger charge is 2.16. The van der Waals surface area contributed by atoms with Gasteiger partial charge in [0.25, 0.3) is 0 Å². The van der Waals surface area contributed by atoms with Crippen molar-refractivity contribution in [2.75, 3.05) is 11.4 Å². The summed E-state index contributed by atoms with van der Waals surface area (Å²) in [6.45, 7) is 7.52. The van der Waals surface area contributed by atoms with E-state index in [-0.39, 0.29) is 5.82 Å². The molecule has 0 N–H and O–H groups in total. The lowest BCUT2D eigenvalue weighted by atomic mass is 10.1. The van der Waals surface area contributed by atoms with Crippen LogP contribution in [0.1, 0.15) is 45.6 Å². The molecule has 102 valence electrons. The minimum absolute atomic E-state index is 0.120. The highest BCUT2D eigenvalue weighted by Crippen LogP contribution is 2.27. The molecule has 0 aliphatic heterocycles. The molecule has 0 aromatic heterocycles. The molecule has 0 fully saturated rings. The highest BCUT2D eigenvalue weighted by molar-refractivity contribution is 9.08. The van der Waals surface area contributed by atoms with Gasteiger partial charge >= 0.3 is 0 Å². The van der Waals surface area contributed by atoms with E-state index in [1.54, 1.807) is 6.07 Å². The average Bonchev–Trinajstić information content (AvgIpc) is 2.34. The third-order valence-electron chi connectivity index (χ3n) is 3.16. The van der Waals surface area contributed by atoms with E-state index in [2.05, 4.69) is 41.6 Å². The second kappa shape index (κ2) is 7.78. The summed E-state index contributed by atoms with van der Waals surface area (Å²) in [5, 5.41) is 0.562. The third kappa shape index (κ3) is 3.98. The first-order valence-electron chi connectivity index (χ1n) is 6.71. The lowest BCUT2D eigenvalue weighted by molar-refractivity contribution is 0.602. The Balaban J connectivity index is 2.94. The van der Waals surface area contributed by atoms with Crippen molar-refractivity contribution in [3.63, 3.8) is 0 Å². The van der Waals surface area contributed by atoms with Crippen LogP contribution in [-0.2, 0) is 5.33 Å². The topological polar surface area (TPSA) is 3.24 Å². The van der Waals surface area contributed by atoms with E-state index in [4.69, 9.17) is 0 Å². The number of nitrogens with zero attached hydrogens (tertiary/aromatic N) is 1. The maximum atomic E-state index is 13.8. The second-order valence-electron chi connectivity index (χ2n) is 4.87. The maximum absolute atomic E-state index is 13.8. The Kier molecular flexibility index (Phi) is 6.69. The van der Waals surface area contributed by atoms with Crippen LogP contribution < -0.4 is 4.90 Å². The lowest BCUT2D eigenvalue weighted by Gasteiger charge is -2.31. The van der Waals surface area contributed by atoms with Crippen molar-refractivity contribution in [1.82, 2.24) is 0 Å². The zero-order valence-electron chi connectivity index (χ0n) is 11.5. The Labute approximate surface area is 119 Å². The lowest BCUT2D eigenvalue weighted by Crippen LogP contribution is -2.32. The number of hydrogen-bond acceptors (Lipinski definition) is 1. The van der Waals surface area contributed by atoms with Crippen molar-refractivity contribution in [3.8, 4) is 0 Å². The van der Waals surface area contributed by atoms with Gasteiger partial charge in [0.05, 0.1) is 0 Å². The molecule has 1 nitrogen and oxygen atoms in total. The number of halogens is 2. The predicted molar refractivity (Wildman–Crippen MR) is 81.0 cm³/mol. The van der Waals surface area contributed by atoms with Crippen LogP contribution in [0.3, 0.4) is 0 Å². The van der Waals surface area contributed by atoms with Gasteiger partial charge in [-0.2, -0.15) is 0 Å². The van der Waals surface area contributed by atoms with E-state index in [9.17, 15) is 4.39 Å². The van der Waals surface area contributed by atoms with Gasteiger partial charge in [-0.25, -0.2) is 4.39 Å². The smallest absolute Gasteiger partial charge is 0.129 e. The maximum Gasteiger partial charge on any atom is 0.129 e. The fourth-order valence-corrected chi connectivity index (χ4v) is 2.69. The van der Waals surface area contributed by atoms with E-state index in [1.165, 1.54) is 18.9 Å². The summed E-state index contributed by atoms with van der Waals surface area (Å²) in [5.41, 5.74) is 1.79. The molecule has 0 atom stereocenters. The van der Waals surface area contributed by atoms with E-state index in [1.807, 2.05) is 6.07 Å². The van der Waals surface area contributed by atoms with Gasteiger partial charge in [-0.05, 0) is 32.4 Å². The first kappa shape index (κ1) is 15.5. The Morgan fingerprint density at radius 2 is 2.00 bits per heavy atom. The number of rotatable bonds is 7. The molecule has 0 bridgehead atoms. The minimum Gasteiger partial charge on any atom is -0.369 e. The van der Waals surface area contributed by atoms with E-state index in [0.717, 1.165) is 24.2 Å². The van der Waals surface area contributed by atoms with Crippen molar-refractivity contribution in [2.45, 2.75) is 51.4 Å². The molecule has 18 heavy (non-hydrogen) atoms. The van der Waals surface area contributed by atoms with E-state index >= 15 is 0 Å². The average molecular weight is 316 g/mol. The van der Waals surface area contributed by atoms with Gasteiger partial charge in [-0.15, -0.1) is 0 Å². The van der Waals surface area contributed by atoms with Crippen molar-refractivity contribution < 1.29 is 4.39 Å². The number of unbranched alkanes of at least 4 members (excludes halogenated alkanes) is 2. The summed E-state index contributed by atoms with van der Waals surface area (Å²) in [6.07, 6.45) is 3.59. The molecule has 0 amide bonds. The molecule has 0 aliphatic rings. The normalized spacial score (nSPS) is 11.0. The summed E-state index contributed by atoms with van der Waals surface area (Å²) in [6, 6.07) is 5.74. The molecule has 3 heteroatoms. The highest BCUT2D eigenvalue weighted by atomic mass is 79.9. The van der Waals surface area contributed by atoms with Crippen molar-refractivity contribution in [3.05, 3.63) is 29.6 Å². The van der Waals surface area contributed by atoms with Crippen molar-refractivity contribution in [2.24, 2.45) is 0 Å². The van der Waals surface area contributed by atoms with Gasteiger partial charge < -0.3 is 4.90 Å². The van der Waals surface area contributed by atoms with Gasteiger partial charge in [-0.1, -0.05) is 41.8 Å². The van der Waals surface area contributed by atoms with Crippen LogP contribution in [0.4, 0.5) is 10.1 Å². The number of hydrogen-bond donors (Lipinski definition) is 0. The molecule has 0 spiro atoms. The van der Waals surface area contributed by atoms with Crippen LogP contribution in [0.5, 0.6) is 0 Å². The fraction of sp³-hybridized carbons (Fsp3) is 0.600. The van der Waals surface area contributed by atoms with E-state index < -0.39 is 0 Å². The molecule has 1 aromatic rings. The first-order chi connectivity index (χ1) is 8.61. The second-order valence-corrected chi connectivity index (χ2v) is 5.43. The minimum atomic E-state index is -0.120. The Morgan fingerprint density at radius 3 is 2.56 bits per heavy atom.